The van der Waals surface area contributed by atoms with E-state index >= 15 is 0 Å². The van der Waals surface area contributed by atoms with E-state index in [1.807, 2.05) is 6.92 Å². The Labute approximate surface area is 116 Å². The van der Waals surface area contributed by atoms with Crippen LogP contribution in [0.25, 0.3) is 0 Å². The smallest absolute Gasteiger partial charge is 0.159 e. The van der Waals surface area contributed by atoms with Gasteiger partial charge in [-0.15, -0.1) is 0 Å². The molecule has 0 aliphatic carbocycles. The Hall–Kier alpha value is -1.94. The molecular weight excluding hydrogens is 262 g/mol. The molecule has 0 saturated carbocycles. The summed E-state index contributed by atoms with van der Waals surface area (Å²) in [5.74, 6) is -1.26. The highest BCUT2D eigenvalue weighted by molar-refractivity contribution is 5.35. The number of aliphatic hydroxyl groups is 1. The number of hydrogen-bond donors (Lipinski definition) is 1. The first kappa shape index (κ1) is 14.5. The second-order valence-electron chi connectivity index (χ2n) is 4.50. The topological polar surface area (TPSA) is 29.5 Å². The fourth-order valence-electron chi connectivity index (χ4n) is 1.87. The van der Waals surface area contributed by atoms with Gasteiger partial charge in [-0.2, -0.15) is 0 Å². The molecule has 0 radical (unpaired) electrons. The Morgan fingerprint density at radius 3 is 2.50 bits per heavy atom. The van der Waals surface area contributed by atoms with Gasteiger partial charge in [0.05, 0.1) is 6.61 Å². The molecule has 2 nitrogen and oxygen atoms in total. The van der Waals surface area contributed by atoms with Crippen molar-refractivity contribution in [2.45, 2.75) is 19.4 Å². The minimum atomic E-state index is -1.02. The van der Waals surface area contributed by atoms with E-state index in [0.29, 0.717) is 23.5 Å². The van der Waals surface area contributed by atoms with Crippen LogP contribution in [0.1, 0.15) is 30.6 Å². The van der Waals surface area contributed by atoms with Crippen molar-refractivity contribution in [2.75, 3.05) is 6.61 Å². The van der Waals surface area contributed by atoms with Gasteiger partial charge in [0.15, 0.2) is 11.6 Å². The molecule has 1 atom stereocenters. The summed E-state index contributed by atoms with van der Waals surface area (Å²) in [7, 11) is 0. The number of rotatable bonds is 5. The lowest BCUT2D eigenvalue weighted by molar-refractivity contribution is 0.218. The van der Waals surface area contributed by atoms with Gasteiger partial charge in [0.1, 0.15) is 11.9 Å². The molecule has 20 heavy (non-hydrogen) atoms. The third-order valence-corrected chi connectivity index (χ3v) is 2.91. The molecule has 0 heterocycles. The Kier molecular flexibility index (Phi) is 4.69. The van der Waals surface area contributed by atoms with Crippen molar-refractivity contribution >= 4 is 0 Å². The molecule has 0 aliphatic heterocycles. The largest absolute Gasteiger partial charge is 0.494 e. The quantitative estimate of drug-likeness (QED) is 0.900. The fraction of sp³-hybridized carbons (Fsp3) is 0.250. The summed E-state index contributed by atoms with van der Waals surface area (Å²) in [6.45, 7) is 2.59. The third kappa shape index (κ3) is 3.33. The maximum atomic E-state index is 13.2. The summed E-state index contributed by atoms with van der Waals surface area (Å²) in [5, 5.41) is 10.2. The van der Waals surface area contributed by atoms with Crippen molar-refractivity contribution in [3.8, 4) is 5.75 Å². The van der Waals surface area contributed by atoms with Crippen LogP contribution in [0, 0.1) is 11.6 Å². The Bertz CT molecular complexity index is 584. The molecule has 0 fully saturated rings. The lowest BCUT2D eigenvalue weighted by Crippen LogP contribution is -2.02. The van der Waals surface area contributed by atoms with Crippen LogP contribution >= 0.6 is 0 Å². The van der Waals surface area contributed by atoms with Gasteiger partial charge in [-0.3, -0.25) is 0 Å². The van der Waals surface area contributed by atoms with Gasteiger partial charge in [0.2, 0.25) is 0 Å². The molecule has 0 amide bonds. The molecule has 4 heteroatoms. The molecule has 106 valence electrons. The Morgan fingerprint density at radius 1 is 1.05 bits per heavy atom. The molecule has 0 aliphatic rings. The predicted octanol–water partition coefficient (Wildman–Crippen LogP) is 3.84. The standard InChI is InChI=1S/C16H16F2O2/c1-2-8-20-13-5-3-4-11(9-13)16(19)12-6-7-14(17)15(18)10-12/h3-7,9-10,16,19H,2,8H2,1H3. The van der Waals surface area contributed by atoms with Gasteiger partial charge < -0.3 is 9.84 Å². The van der Waals surface area contributed by atoms with Crippen LogP contribution in [0.3, 0.4) is 0 Å². The average molecular weight is 278 g/mol. The molecule has 1 N–H and O–H groups in total. The summed E-state index contributed by atoms with van der Waals surface area (Å²) in [5.41, 5.74) is 0.876. The van der Waals surface area contributed by atoms with E-state index in [1.54, 1.807) is 24.3 Å². The minimum absolute atomic E-state index is 0.302. The van der Waals surface area contributed by atoms with Gasteiger partial charge in [-0.05, 0) is 41.8 Å². The third-order valence-electron chi connectivity index (χ3n) is 2.91. The summed E-state index contributed by atoms with van der Waals surface area (Å²) >= 11 is 0. The average Bonchev–Trinajstić information content (AvgIpc) is 2.47. The molecule has 2 rings (SSSR count). The van der Waals surface area contributed by atoms with E-state index in [4.69, 9.17) is 4.74 Å². The molecule has 0 aromatic heterocycles. The first-order valence-corrected chi connectivity index (χ1v) is 6.47. The highest BCUT2D eigenvalue weighted by Gasteiger charge is 2.13. The monoisotopic (exact) mass is 278 g/mol. The first-order valence-electron chi connectivity index (χ1n) is 6.47. The van der Waals surface area contributed by atoms with Crippen molar-refractivity contribution < 1.29 is 18.6 Å². The normalized spacial score (nSPS) is 12.2. The van der Waals surface area contributed by atoms with E-state index < -0.39 is 17.7 Å². The van der Waals surface area contributed by atoms with Crippen LogP contribution in [0.4, 0.5) is 8.78 Å². The summed E-state index contributed by atoms with van der Waals surface area (Å²) in [4.78, 5) is 0. The van der Waals surface area contributed by atoms with E-state index in [-0.39, 0.29) is 0 Å². The number of aliphatic hydroxyl groups excluding tert-OH is 1. The second-order valence-corrected chi connectivity index (χ2v) is 4.50. The van der Waals surface area contributed by atoms with E-state index in [1.165, 1.54) is 6.07 Å². The molecule has 1 unspecified atom stereocenters. The van der Waals surface area contributed by atoms with E-state index in [0.717, 1.165) is 18.6 Å². The fourth-order valence-corrected chi connectivity index (χ4v) is 1.87. The van der Waals surface area contributed by atoms with Crippen molar-refractivity contribution in [3.05, 3.63) is 65.2 Å². The number of halogens is 2. The lowest BCUT2D eigenvalue weighted by Gasteiger charge is -2.13. The zero-order chi connectivity index (χ0) is 14.5. The highest BCUT2D eigenvalue weighted by atomic mass is 19.2. The zero-order valence-corrected chi connectivity index (χ0v) is 11.1. The minimum Gasteiger partial charge on any atom is -0.494 e. The van der Waals surface area contributed by atoms with Gasteiger partial charge in [-0.1, -0.05) is 25.1 Å². The Morgan fingerprint density at radius 2 is 1.80 bits per heavy atom. The lowest BCUT2D eigenvalue weighted by atomic mass is 10.0. The maximum absolute atomic E-state index is 13.2. The van der Waals surface area contributed by atoms with Crippen LogP contribution in [0.15, 0.2) is 42.5 Å². The van der Waals surface area contributed by atoms with Crippen LogP contribution < -0.4 is 4.74 Å². The number of benzene rings is 2. The maximum Gasteiger partial charge on any atom is 0.159 e. The predicted molar refractivity (Wildman–Crippen MR) is 72.6 cm³/mol. The van der Waals surface area contributed by atoms with E-state index in [2.05, 4.69) is 0 Å². The van der Waals surface area contributed by atoms with Crippen molar-refractivity contribution in [1.82, 2.24) is 0 Å². The SMILES string of the molecule is CCCOc1cccc(C(O)c2ccc(F)c(F)c2)c1. The second kappa shape index (κ2) is 6.48. The van der Waals surface area contributed by atoms with Crippen molar-refractivity contribution in [2.24, 2.45) is 0 Å². The van der Waals surface area contributed by atoms with Gasteiger partial charge >= 0.3 is 0 Å². The molecular formula is C16H16F2O2. The van der Waals surface area contributed by atoms with Crippen LogP contribution in [0.2, 0.25) is 0 Å². The van der Waals surface area contributed by atoms with Gasteiger partial charge in [-0.25, -0.2) is 8.78 Å². The number of ether oxygens (including phenoxy) is 1. The molecule has 0 bridgehead atoms. The van der Waals surface area contributed by atoms with Crippen LogP contribution in [0.5, 0.6) is 5.75 Å². The molecule has 0 spiro atoms. The van der Waals surface area contributed by atoms with Crippen LogP contribution in [-0.4, -0.2) is 11.7 Å². The summed E-state index contributed by atoms with van der Waals surface area (Å²) in [6.07, 6.45) is -0.133. The van der Waals surface area contributed by atoms with Crippen LogP contribution in [-0.2, 0) is 0 Å². The zero-order valence-electron chi connectivity index (χ0n) is 11.1. The molecule has 2 aromatic rings. The molecule has 0 saturated heterocycles. The summed E-state index contributed by atoms with van der Waals surface area (Å²) in [6, 6.07) is 10.3. The highest BCUT2D eigenvalue weighted by Crippen LogP contribution is 2.26. The van der Waals surface area contributed by atoms with Gasteiger partial charge in [0, 0.05) is 0 Å². The first-order chi connectivity index (χ1) is 9.61. The summed E-state index contributed by atoms with van der Waals surface area (Å²) < 4.78 is 31.6. The van der Waals surface area contributed by atoms with Gasteiger partial charge in [0.25, 0.3) is 0 Å². The number of hydrogen-bond acceptors (Lipinski definition) is 2. The van der Waals surface area contributed by atoms with Crippen molar-refractivity contribution in [1.29, 1.82) is 0 Å². The Balaban J connectivity index is 2.23. The van der Waals surface area contributed by atoms with E-state index in [9.17, 15) is 13.9 Å². The van der Waals surface area contributed by atoms with Crippen molar-refractivity contribution in [3.63, 3.8) is 0 Å². The molecule has 2 aromatic carbocycles.